The van der Waals surface area contributed by atoms with Crippen molar-refractivity contribution < 1.29 is 13.2 Å². The summed E-state index contributed by atoms with van der Waals surface area (Å²) in [6, 6.07) is 9.81. The molecule has 1 aliphatic rings. The van der Waals surface area contributed by atoms with Crippen molar-refractivity contribution in [3.8, 4) is 0 Å². The van der Waals surface area contributed by atoms with E-state index in [1.807, 2.05) is 17.5 Å². The van der Waals surface area contributed by atoms with Gasteiger partial charge in [-0.15, -0.1) is 21.5 Å². The van der Waals surface area contributed by atoms with E-state index < -0.39 is 10.0 Å². The first-order valence-electron chi connectivity index (χ1n) is 9.35. The first-order valence-corrected chi connectivity index (χ1v) is 12.5. The lowest BCUT2D eigenvalue weighted by molar-refractivity contribution is 0.102. The van der Waals surface area contributed by atoms with Gasteiger partial charge in [-0.3, -0.25) is 10.1 Å². The highest BCUT2D eigenvalue weighted by Crippen LogP contribution is 2.24. The molecule has 1 aliphatic heterocycles. The van der Waals surface area contributed by atoms with Crippen LogP contribution in [0.25, 0.3) is 0 Å². The Bertz CT molecular complexity index is 1130. The molecule has 3 aromatic rings. The zero-order valence-corrected chi connectivity index (χ0v) is 18.3. The van der Waals surface area contributed by atoms with Gasteiger partial charge in [-0.05, 0) is 48.6 Å². The van der Waals surface area contributed by atoms with Gasteiger partial charge in [-0.2, -0.15) is 4.31 Å². The SMILES string of the molecule is O=C(Nc1nnc(N=Cc2cccs2)s1)c1ccc(S(=O)(=O)N2CCCCC2)cc1. The Morgan fingerprint density at radius 3 is 2.57 bits per heavy atom. The Labute approximate surface area is 182 Å². The number of hydrogen-bond acceptors (Lipinski definition) is 8. The van der Waals surface area contributed by atoms with Crippen molar-refractivity contribution >= 4 is 55.1 Å². The van der Waals surface area contributed by atoms with Crippen LogP contribution in [0.5, 0.6) is 0 Å². The lowest BCUT2D eigenvalue weighted by Crippen LogP contribution is -2.35. The summed E-state index contributed by atoms with van der Waals surface area (Å²) in [5.74, 6) is -0.387. The van der Waals surface area contributed by atoms with Crippen LogP contribution < -0.4 is 5.32 Å². The number of aromatic nitrogens is 2. The standard InChI is InChI=1S/C19H19N5O3S3/c25-17(21-19-23-22-18(29-19)20-13-15-5-4-12-28-15)14-6-8-16(9-7-14)30(26,27)24-10-2-1-3-11-24/h4-9,12-13H,1-3,10-11H2,(H,21,23,25). The van der Waals surface area contributed by atoms with E-state index in [1.165, 1.54) is 28.6 Å². The van der Waals surface area contributed by atoms with E-state index in [4.69, 9.17) is 0 Å². The average Bonchev–Trinajstić information content (AvgIpc) is 3.45. The number of nitrogens with one attached hydrogen (secondary N) is 1. The summed E-state index contributed by atoms with van der Waals surface area (Å²) in [5, 5.41) is 13.2. The predicted molar refractivity (Wildman–Crippen MR) is 118 cm³/mol. The molecule has 4 rings (SSSR count). The van der Waals surface area contributed by atoms with Gasteiger partial charge in [-0.1, -0.05) is 23.8 Å². The maximum absolute atomic E-state index is 12.7. The van der Waals surface area contributed by atoms with Crippen LogP contribution >= 0.6 is 22.7 Å². The van der Waals surface area contributed by atoms with Crippen molar-refractivity contribution in [3.05, 3.63) is 52.2 Å². The molecule has 0 aliphatic carbocycles. The van der Waals surface area contributed by atoms with Gasteiger partial charge >= 0.3 is 0 Å². The van der Waals surface area contributed by atoms with Crippen LogP contribution in [0.2, 0.25) is 0 Å². The fraction of sp³-hybridized carbons (Fsp3) is 0.263. The molecule has 1 aromatic carbocycles. The number of sulfonamides is 1. The van der Waals surface area contributed by atoms with Crippen LogP contribution in [-0.2, 0) is 10.0 Å². The van der Waals surface area contributed by atoms with Crippen molar-refractivity contribution in [1.29, 1.82) is 0 Å². The van der Waals surface area contributed by atoms with Gasteiger partial charge in [0.2, 0.25) is 20.3 Å². The van der Waals surface area contributed by atoms with Crippen molar-refractivity contribution in [2.75, 3.05) is 18.4 Å². The summed E-state index contributed by atoms with van der Waals surface area (Å²) < 4.78 is 26.9. The molecule has 0 atom stereocenters. The van der Waals surface area contributed by atoms with Crippen LogP contribution in [0.4, 0.5) is 10.3 Å². The number of benzene rings is 1. The van der Waals surface area contributed by atoms with Crippen LogP contribution in [-0.4, -0.2) is 48.1 Å². The number of aliphatic imine (C=N–C) groups is 1. The lowest BCUT2D eigenvalue weighted by atomic mass is 10.2. The van der Waals surface area contributed by atoms with Gasteiger partial charge in [0.1, 0.15) is 0 Å². The van der Waals surface area contributed by atoms with Gasteiger partial charge in [0.05, 0.1) is 4.90 Å². The topological polar surface area (TPSA) is 105 Å². The summed E-state index contributed by atoms with van der Waals surface area (Å²) in [6.45, 7) is 1.08. The highest BCUT2D eigenvalue weighted by molar-refractivity contribution is 7.89. The summed E-state index contributed by atoms with van der Waals surface area (Å²) in [6.07, 6.45) is 4.50. The monoisotopic (exact) mass is 461 g/mol. The van der Waals surface area contributed by atoms with Crippen molar-refractivity contribution in [2.45, 2.75) is 24.2 Å². The minimum atomic E-state index is -3.52. The Hall–Kier alpha value is -2.47. The number of amides is 1. The van der Waals surface area contributed by atoms with E-state index in [2.05, 4.69) is 20.5 Å². The molecule has 2 aromatic heterocycles. The third-order valence-corrected chi connectivity index (χ3v) is 8.02. The Morgan fingerprint density at radius 1 is 1.10 bits per heavy atom. The number of nitrogens with zero attached hydrogens (tertiary/aromatic N) is 4. The molecule has 0 saturated carbocycles. The van der Waals surface area contributed by atoms with Gasteiger partial charge in [-0.25, -0.2) is 13.4 Å². The number of anilines is 1. The number of carbonyl (C=O) groups is 1. The van der Waals surface area contributed by atoms with Crippen molar-refractivity contribution in [3.63, 3.8) is 0 Å². The summed E-state index contributed by atoms with van der Waals surface area (Å²) in [5.41, 5.74) is 0.339. The number of thiophene rings is 1. The number of hydrogen-bond donors (Lipinski definition) is 1. The normalized spacial score (nSPS) is 15.5. The zero-order chi connectivity index (χ0) is 21.0. The minimum absolute atomic E-state index is 0.196. The van der Waals surface area contributed by atoms with E-state index in [9.17, 15) is 13.2 Å². The highest BCUT2D eigenvalue weighted by atomic mass is 32.2. The molecule has 8 nitrogen and oxygen atoms in total. The Balaban J connectivity index is 1.40. The molecule has 30 heavy (non-hydrogen) atoms. The molecule has 0 bridgehead atoms. The van der Waals surface area contributed by atoms with Gasteiger partial charge < -0.3 is 0 Å². The minimum Gasteiger partial charge on any atom is -0.296 e. The van der Waals surface area contributed by atoms with Crippen molar-refractivity contribution in [1.82, 2.24) is 14.5 Å². The van der Waals surface area contributed by atoms with Crippen LogP contribution in [0.3, 0.4) is 0 Å². The molecule has 1 saturated heterocycles. The van der Waals surface area contributed by atoms with Crippen LogP contribution in [0.1, 0.15) is 34.5 Å². The molecule has 1 fully saturated rings. The molecule has 0 spiro atoms. The first kappa shape index (κ1) is 20.8. The highest BCUT2D eigenvalue weighted by Gasteiger charge is 2.26. The van der Waals surface area contributed by atoms with E-state index >= 15 is 0 Å². The number of rotatable bonds is 6. The fourth-order valence-corrected chi connectivity index (χ4v) is 5.69. The second kappa shape index (κ2) is 9.13. The number of carbonyl (C=O) groups excluding carboxylic acids is 1. The summed E-state index contributed by atoms with van der Waals surface area (Å²) >= 11 is 2.71. The van der Waals surface area contributed by atoms with Gasteiger partial charge in [0.25, 0.3) is 5.91 Å². The molecule has 0 unspecified atom stereocenters. The van der Waals surface area contributed by atoms with E-state index in [1.54, 1.807) is 17.6 Å². The van der Waals surface area contributed by atoms with Gasteiger partial charge in [0.15, 0.2) is 0 Å². The largest absolute Gasteiger partial charge is 0.296 e. The van der Waals surface area contributed by atoms with Crippen LogP contribution in [0.15, 0.2) is 51.7 Å². The molecule has 156 valence electrons. The third kappa shape index (κ3) is 4.81. The van der Waals surface area contributed by atoms with E-state index in [-0.39, 0.29) is 10.8 Å². The summed E-state index contributed by atoms with van der Waals surface area (Å²) in [7, 11) is -3.52. The van der Waals surface area contributed by atoms with Crippen LogP contribution in [0, 0.1) is 0 Å². The third-order valence-electron chi connectivity index (χ3n) is 4.55. The molecular formula is C19H19N5O3S3. The first-order chi connectivity index (χ1) is 14.5. The lowest BCUT2D eigenvalue weighted by Gasteiger charge is -2.25. The molecule has 1 N–H and O–H groups in total. The second-order valence-electron chi connectivity index (χ2n) is 6.61. The number of piperidine rings is 1. The summed E-state index contributed by atoms with van der Waals surface area (Å²) in [4.78, 5) is 17.9. The van der Waals surface area contributed by atoms with Crippen molar-refractivity contribution in [2.24, 2.45) is 4.99 Å². The zero-order valence-electron chi connectivity index (χ0n) is 15.9. The quantitative estimate of drug-likeness (QED) is 0.563. The smallest absolute Gasteiger partial charge is 0.257 e. The van der Waals surface area contributed by atoms with Gasteiger partial charge in [0, 0.05) is 29.7 Å². The molecular weight excluding hydrogens is 442 g/mol. The maximum Gasteiger partial charge on any atom is 0.257 e. The average molecular weight is 462 g/mol. The van der Waals surface area contributed by atoms with E-state index in [0.29, 0.717) is 28.9 Å². The Morgan fingerprint density at radius 2 is 1.87 bits per heavy atom. The molecule has 0 radical (unpaired) electrons. The molecule has 3 heterocycles. The molecule has 1 amide bonds. The fourth-order valence-electron chi connectivity index (χ4n) is 3.00. The maximum atomic E-state index is 12.7. The molecule has 11 heteroatoms. The Kier molecular flexibility index (Phi) is 6.32. The second-order valence-corrected chi connectivity index (χ2v) is 10.5. The van der Waals surface area contributed by atoms with E-state index in [0.717, 1.165) is 35.5 Å². The predicted octanol–water partition coefficient (Wildman–Crippen LogP) is 3.78.